The number of benzene rings is 4. The van der Waals surface area contributed by atoms with Crippen molar-refractivity contribution >= 4 is 40.2 Å². The van der Waals surface area contributed by atoms with Crippen molar-refractivity contribution < 1.29 is 0 Å². The van der Waals surface area contributed by atoms with Crippen LogP contribution in [-0.4, -0.2) is 0 Å². The normalized spacial score (nSPS) is 14.2. The van der Waals surface area contributed by atoms with Crippen LogP contribution >= 0.6 is 7.92 Å². The molecule has 0 N–H and O–H groups in total. The van der Waals surface area contributed by atoms with Crippen LogP contribution in [0.3, 0.4) is 0 Å². The van der Waals surface area contributed by atoms with Gasteiger partial charge in [-0.05, 0) is 84.1 Å². The number of hydrogen-bond acceptors (Lipinski definition) is 0. The van der Waals surface area contributed by atoms with E-state index in [2.05, 4.69) is 118 Å². The first kappa shape index (κ1) is 20.0. The lowest BCUT2D eigenvalue weighted by Gasteiger charge is -2.25. The molecule has 0 aromatic heterocycles. The summed E-state index contributed by atoms with van der Waals surface area (Å²) in [5, 5.41) is 6.95. The predicted molar refractivity (Wildman–Crippen MR) is 138 cm³/mol. The fraction of sp³-hybridized carbons (Fsp3) is 0.133. The zero-order chi connectivity index (χ0) is 21.4. The van der Waals surface area contributed by atoms with Gasteiger partial charge in [-0.25, -0.2) is 0 Å². The number of hydrogen-bond donors (Lipinski definition) is 0. The van der Waals surface area contributed by atoms with Crippen LogP contribution in [0.4, 0.5) is 0 Å². The Morgan fingerprint density at radius 2 is 1.16 bits per heavy atom. The first-order valence-electron chi connectivity index (χ1n) is 10.9. The van der Waals surface area contributed by atoms with Crippen LogP contribution in [0.15, 0.2) is 114 Å². The molecule has 0 spiro atoms. The zero-order valence-electron chi connectivity index (χ0n) is 18.4. The third-order valence-electron chi connectivity index (χ3n) is 6.58. The fourth-order valence-corrected chi connectivity index (χ4v) is 7.20. The van der Waals surface area contributed by atoms with Crippen molar-refractivity contribution in [1.29, 1.82) is 0 Å². The van der Waals surface area contributed by atoms with Crippen molar-refractivity contribution in [2.24, 2.45) is 0 Å². The van der Waals surface area contributed by atoms with Crippen molar-refractivity contribution in [1.82, 2.24) is 0 Å². The molecule has 1 heteroatoms. The van der Waals surface area contributed by atoms with Crippen molar-refractivity contribution in [3.8, 4) is 0 Å². The lowest BCUT2D eigenvalue weighted by Crippen LogP contribution is -2.23. The second-order valence-electron chi connectivity index (χ2n) is 8.37. The van der Waals surface area contributed by atoms with E-state index in [-0.39, 0.29) is 0 Å². The smallest absolute Gasteiger partial charge is 0.00549 e. The van der Waals surface area contributed by atoms with Gasteiger partial charge in [-0.3, -0.25) is 0 Å². The summed E-state index contributed by atoms with van der Waals surface area (Å²) in [5.74, 6) is 0. The van der Waals surface area contributed by atoms with E-state index in [4.69, 9.17) is 0 Å². The lowest BCUT2D eigenvalue weighted by atomic mass is 9.94. The summed E-state index contributed by atoms with van der Waals surface area (Å²) >= 11 is 0. The Hall–Kier alpha value is -2.95. The van der Waals surface area contributed by atoms with E-state index in [1.165, 1.54) is 54.5 Å². The van der Waals surface area contributed by atoms with Gasteiger partial charge >= 0.3 is 0 Å². The molecule has 0 atom stereocenters. The van der Waals surface area contributed by atoms with Gasteiger partial charge < -0.3 is 0 Å². The highest BCUT2D eigenvalue weighted by Gasteiger charge is 2.26. The molecule has 0 amide bonds. The SMILES string of the molecule is CC1=C(C)C(C)=C(c2c(P(c3ccccc3)c3ccccc3)ccc3ccccc23)C1. The van der Waals surface area contributed by atoms with Gasteiger partial charge in [0.25, 0.3) is 0 Å². The summed E-state index contributed by atoms with van der Waals surface area (Å²) in [5.41, 5.74) is 7.35. The average molecular weight is 419 g/mol. The molecular weight excluding hydrogens is 391 g/mol. The second kappa shape index (κ2) is 8.29. The molecule has 0 heterocycles. The highest BCUT2D eigenvalue weighted by Crippen LogP contribution is 2.44. The van der Waals surface area contributed by atoms with Crippen molar-refractivity contribution in [2.45, 2.75) is 27.2 Å². The minimum atomic E-state index is -0.656. The Balaban J connectivity index is 1.84. The molecule has 0 bridgehead atoms. The van der Waals surface area contributed by atoms with E-state index in [9.17, 15) is 0 Å². The minimum absolute atomic E-state index is 0.656. The topological polar surface area (TPSA) is 0 Å². The van der Waals surface area contributed by atoms with Gasteiger partial charge in [0, 0.05) is 0 Å². The van der Waals surface area contributed by atoms with Gasteiger partial charge in [-0.2, -0.15) is 0 Å². The molecule has 5 rings (SSSR count). The summed E-state index contributed by atoms with van der Waals surface area (Å²) in [7, 11) is -0.656. The average Bonchev–Trinajstić information content (AvgIpc) is 3.07. The summed E-state index contributed by atoms with van der Waals surface area (Å²) < 4.78 is 0. The van der Waals surface area contributed by atoms with Gasteiger partial charge in [-0.1, -0.05) is 103 Å². The molecule has 0 radical (unpaired) electrons. The third-order valence-corrected chi connectivity index (χ3v) is 9.06. The van der Waals surface area contributed by atoms with Gasteiger partial charge in [0.2, 0.25) is 0 Å². The minimum Gasteiger partial charge on any atom is -0.0657 e. The van der Waals surface area contributed by atoms with Crippen LogP contribution in [-0.2, 0) is 0 Å². The Kier molecular flexibility index (Phi) is 5.34. The molecule has 31 heavy (non-hydrogen) atoms. The van der Waals surface area contributed by atoms with Gasteiger partial charge in [0.15, 0.2) is 0 Å². The second-order valence-corrected chi connectivity index (χ2v) is 10.6. The van der Waals surface area contributed by atoms with Gasteiger partial charge in [0.05, 0.1) is 0 Å². The molecule has 0 saturated carbocycles. The summed E-state index contributed by atoms with van der Waals surface area (Å²) in [6.07, 6.45) is 1.05. The maximum Gasteiger partial charge on any atom is -0.00549 e. The standard InChI is InChI=1S/C30H27P/c1-21-20-28(23(3)22(21)2)30-27-17-11-10-12-24(27)18-19-29(30)31(25-13-6-4-7-14-25)26-15-8-5-9-16-26/h4-19H,20H2,1-3H3. The van der Waals surface area contributed by atoms with E-state index >= 15 is 0 Å². The Morgan fingerprint density at radius 3 is 1.74 bits per heavy atom. The molecule has 152 valence electrons. The van der Waals surface area contributed by atoms with Crippen molar-refractivity contribution in [3.05, 3.63) is 119 Å². The maximum atomic E-state index is 2.40. The van der Waals surface area contributed by atoms with E-state index in [1.807, 2.05) is 0 Å². The summed E-state index contributed by atoms with van der Waals surface area (Å²) in [6, 6.07) is 35.7. The quantitative estimate of drug-likeness (QED) is 0.310. The summed E-state index contributed by atoms with van der Waals surface area (Å²) in [6.45, 7) is 6.87. The molecule has 4 aromatic carbocycles. The molecule has 1 aliphatic rings. The van der Waals surface area contributed by atoms with Crippen LogP contribution in [0.5, 0.6) is 0 Å². The van der Waals surface area contributed by atoms with Crippen LogP contribution in [0.1, 0.15) is 32.8 Å². The fourth-order valence-electron chi connectivity index (χ4n) is 4.70. The number of allylic oxidation sites excluding steroid dienone is 4. The van der Waals surface area contributed by atoms with Crippen molar-refractivity contribution in [3.63, 3.8) is 0 Å². The van der Waals surface area contributed by atoms with Crippen LogP contribution in [0.2, 0.25) is 0 Å². The largest absolute Gasteiger partial charge is 0.0657 e. The van der Waals surface area contributed by atoms with E-state index in [1.54, 1.807) is 0 Å². The lowest BCUT2D eigenvalue weighted by molar-refractivity contribution is 1.22. The Labute approximate surface area is 186 Å². The number of rotatable bonds is 4. The van der Waals surface area contributed by atoms with Gasteiger partial charge in [-0.15, -0.1) is 0 Å². The van der Waals surface area contributed by atoms with Gasteiger partial charge in [0.1, 0.15) is 0 Å². The molecule has 4 aromatic rings. The monoisotopic (exact) mass is 418 g/mol. The van der Waals surface area contributed by atoms with Crippen LogP contribution in [0.25, 0.3) is 16.3 Å². The van der Waals surface area contributed by atoms with Crippen molar-refractivity contribution in [2.75, 3.05) is 0 Å². The Bertz CT molecular complexity index is 1270. The molecule has 0 fully saturated rings. The van der Waals surface area contributed by atoms with Crippen LogP contribution < -0.4 is 15.9 Å². The molecule has 0 aliphatic heterocycles. The predicted octanol–water partition coefficient (Wildman–Crippen LogP) is 7.11. The van der Waals surface area contributed by atoms with E-state index < -0.39 is 7.92 Å². The molecular formula is C30H27P. The molecule has 0 nitrogen and oxygen atoms in total. The van der Waals surface area contributed by atoms with E-state index in [0.29, 0.717) is 0 Å². The molecule has 0 saturated heterocycles. The highest BCUT2D eigenvalue weighted by atomic mass is 31.1. The van der Waals surface area contributed by atoms with E-state index in [0.717, 1.165) is 6.42 Å². The first-order valence-corrected chi connectivity index (χ1v) is 12.3. The Morgan fingerprint density at radius 1 is 0.581 bits per heavy atom. The zero-order valence-corrected chi connectivity index (χ0v) is 19.3. The third kappa shape index (κ3) is 3.56. The highest BCUT2D eigenvalue weighted by molar-refractivity contribution is 7.80. The molecule has 0 unspecified atom stereocenters. The number of fused-ring (bicyclic) bond motifs is 1. The maximum absolute atomic E-state index is 2.40. The first-order chi connectivity index (χ1) is 15.1. The molecule has 1 aliphatic carbocycles. The van der Waals surface area contributed by atoms with Crippen LogP contribution in [0, 0.1) is 0 Å². The summed E-state index contributed by atoms with van der Waals surface area (Å²) in [4.78, 5) is 0.